The summed E-state index contributed by atoms with van der Waals surface area (Å²) in [6.07, 6.45) is 2.63. The van der Waals surface area contributed by atoms with Gasteiger partial charge in [-0.1, -0.05) is 19.1 Å². The molecule has 1 N–H and O–H groups in total. The molecule has 0 radical (unpaired) electrons. The van der Waals surface area contributed by atoms with E-state index in [4.69, 9.17) is 18.9 Å². The number of non-ortho nitro benzene ring substituents is 1. The fraction of sp³-hybridized carbons (Fsp3) is 0.667. The summed E-state index contributed by atoms with van der Waals surface area (Å²) in [5.41, 5.74) is 0.724. The van der Waals surface area contributed by atoms with Crippen molar-refractivity contribution in [3.05, 3.63) is 46.3 Å². The van der Waals surface area contributed by atoms with Crippen LogP contribution in [0.3, 0.4) is 0 Å². The lowest BCUT2D eigenvalue weighted by molar-refractivity contribution is -0.384. The van der Waals surface area contributed by atoms with Gasteiger partial charge >= 0.3 is 0 Å². The lowest BCUT2D eigenvalue weighted by Gasteiger charge is -2.58. The third kappa shape index (κ3) is 3.44. The van der Waals surface area contributed by atoms with Crippen molar-refractivity contribution in [2.45, 2.75) is 76.7 Å². The SMILES string of the molecule is C[C@H]1[C@@H](OCc2cn(-c3ccc([N+](=O)[O-])cc3)nn2)O[C@@H]2O[C@@]3(C)O[C@]24[C@H]1CC[C@@H](C)[C@@H]4C[C@H]3O. The lowest BCUT2D eigenvalue weighted by Crippen LogP contribution is -2.67. The van der Waals surface area contributed by atoms with Crippen LogP contribution in [0.1, 0.15) is 45.7 Å². The minimum atomic E-state index is -1.07. The van der Waals surface area contributed by atoms with Gasteiger partial charge in [0.1, 0.15) is 17.4 Å². The summed E-state index contributed by atoms with van der Waals surface area (Å²) in [5.74, 6) is -0.234. The van der Waals surface area contributed by atoms with E-state index in [1.54, 1.807) is 29.9 Å². The van der Waals surface area contributed by atoms with Gasteiger partial charge in [0.2, 0.25) is 0 Å². The molecule has 1 aromatic heterocycles. The minimum Gasteiger partial charge on any atom is -0.388 e. The van der Waals surface area contributed by atoms with E-state index in [9.17, 15) is 15.2 Å². The number of hydrogen-bond acceptors (Lipinski definition) is 9. The van der Waals surface area contributed by atoms with Crippen molar-refractivity contribution in [3.8, 4) is 5.69 Å². The number of aromatic nitrogens is 3. The van der Waals surface area contributed by atoms with E-state index >= 15 is 0 Å². The molecule has 11 nitrogen and oxygen atoms in total. The highest BCUT2D eigenvalue weighted by Crippen LogP contribution is 2.63. The number of rotatable bonds is 5. The molecule has 3 saturated heterocycles. The van der Waals surface area contributed by atoms with Crippen LogP contribution in [0.25, 0.3) is 5.69 Å². The molecular weight excluding hydrogens is 456 g/mol. The zero-order valence-corrected chi connectivity index (χ0v) is 19.9. The van der Waals surface area contributed by atoms with Crippen LogP contribution in [-0.2, 0) is 25.6 Å². The topological polar surface area (TPSA) is 131 Å². The fourth-order valence-corrected chi connectivity index (χ4v) is 6.66. The van der Waals surface area contributed by atoms with Crippen LogP contribution in [0, 0.1) is 33.8 Å². The van der Waals surface area contributed by atoms with Crippen molar-refractivity contribution >= 4 is 5.69 Å². The normalized spacial score (nSPS) is 42.0. The van der Waals surface area contributed by atoms with Crippen LogP contribution < -0.4 is 0 Å². The maximum Gasteiger partial charge on any atom is 0.269 e. The third-order valence-electron chi connectivity index (χ3n) is 8.53. The fourth-order valence-electron chi connectivity index (χ4n) is 6.66. The first-order valence-corrected chi connectivity index (χ1v) is 12.2. The summed E-state index contributed by atoms with van der Waals surface area (Å²) in [6.45, 7) is 6.35. The van der Waals surface area contributed by atoms with Crippen LogP contribution in [0.15, 0.2) is 30.5 Å². The molecule has 4 aliphatic rings. The second kappa shape index (κ2) is 8.04. The van der Waals surface area contributed by atoms with Crippen molar-refractivity contribution in [1.82, 2.24) is 15.0 Å². The Morgan fingerprint density at radius 1 is 1.26 bits per heavy atom. The predicted molar refractivity (Wildman–Crippen MR) is 120 cm³/mol. The third-order valence-corrected chi connectivity index (χ3v) is 8.53. The molecule has 35 heavy (non-hydrogen) atoms. The molecule has 1 saturated carbocycles. The van der Waals surface area contributed by atoms with Crippen LogP contribution >= 0.6 is 0 Å². The van der Waals surface area contributed by atoms with Crippen molar-refractivity contribution in [2.75, 3.05) is 0 Å². The van der Waals surface area contributed by atoms with Gasteiger partial charge in [-0.3, -0.25) is 10.1 Å². The maximum absolute atomic E-state index is 10.9. The summed E-state index contributed by atoms with van der Waals surface area (Å²) in [7, 11) is 0. The number of nitro groups is 1. The Balaban J connectivity index is 1.18. The smallest absolute Gasteiger partial charge is 0.269 e. The second-order valence-corrected chi connectivity index (χ2v) is 10.5. The van der Waals surface area contributed by atoms with Crippen LogP contribution in [-0.4, -0.2) is 55.1 Å². The molecule has 2 bridgehead atoms. The minimum absolute atomic E-state index is 0.0157. The molecule has 0 unspecified atom stereocenters. The highest BCUT2D eigenvalue weighted by atomic mass is 16.9. The molecule has 6 rings (SSSR count). The van der Waals surface area contributed by atoms with Crippen LogP contribution in [0.5, 0.6) is 0 Å². The Morgan fingerprint density at radius 2 is 2.03 bits per heavy atom. The van der Waals surface area contributed by atoms with Gasteiger partial charge in [0.25, 0.3) is 5.69 Å². The number of hydrogen-bond donors (Lipinski definition) is 1. The Hall–Kier alpha value is -2.44. The van der Waals surface area contributed by atoms with Gasteiger partial charge in [-0.05, 0) is 50.2 Å². The van der Waals surface area contributed by atoms with E-state index in [2.05, 4.69) is 24.2 Å². The molecule has 0 amide bonds. The van der Waals surface area contributed by atoms with E-state index in [1.165, 1.54) is 12.1 Å². The Morgan fingerprint density at radius 3 is 2.77 bits per heavy atom. The predicted octanol–water partition coefficient (Wildman–Crippen LogP) is 2.94. The monoisotopic (exact) mass is 486 g/mol. The molecule has 1 spiro atoms. The second-order valence-electron chi connectivity index (χ2n) is 10.5. The van der Waals surface area contributed by atoms with Gasteiger partial charge in [0.05, 0.1) is 23.4 Å². The standard InChI is InChI=1S/C24H30N4O7/c1-13-4-9-18-14(2)21(33-22-24(18)19(13)10-20(29)23(3,34-22)35-24)32-12-15-11-27(26-25-15)16-5-7-17(8-6-16)28(30)31/h5-8,11,13-14,18-22,29H,4,9-10,12H2,1-3H3/t13-,14-,18+,19+,20-,21+,22-,23+,24+/m1/s1. The van der Waals surface area contributed by atoms with Crippen molar-refractivity contribution < 1.29 is 29.0 Å². The molecule has 3 aliphatic heterocycles. The van der Waals surface area contributed by atoms with Gasteiger partial charge in [-0.2, -0.15) is 0 Å². The van der Waals surface area contributed by atoms with Crippen molar-refractivity contribution in [1.29, 1.82) is 0 Å². The van der Waals surface area contributed by atoms with Crippen LogP contribution in [0.4, 0.5) is 5.69 Å². The quantitative estimate of drug-likeness (QED) is 0.500. The Kier molecular flexibility index (Phi) is 5.28. The first kappa shape index (κ1) is 23.0. The number of aliphatic hydroxyl groups is 1. The average molecular weight is 487 g/mol. The first-order chi connectivity index (χ1) is 16.7. The van der Waals surface area contributed by atoms with Crippen LogP contribution in [0.2, 0.25) is 0 Å². The van der Waals surface area contributed by atoms with Gasteiger partial charge in [0.15, 0.2) is 18.4 Å². The van der Waals surface area contributed by atoms with Gasteiger partial charge in [0, 0.05) is 24.0 Å². The number of nitrogens with zero attached hydrogens (tertiary/aromatic N) is 4. The maximum atomic E-state index is 10.9. The molecule has 4 fully saturated rings. The molecule has 9 atom stereocenters. The van der Waals surface area contributed by atoms with E-state index in [0.29, 0.717) is 23.7 Å². The summed E-state index contributed by atoms with van der Waals surface area (Å²) in [6, 6.07) is 6.09. The first-order valence-electron chi connectivity index (χ1n) is 12.2. The highest BCUT2D eigenvalue weighted by molar-refractivity contribution is 5.40. The summed E-state index contributed by atoms with van der Waals surface area (Å²) < 4.78 is 26.9. The molecular formula is C24H30N4O7. The largest absolute Gasteiger partial charge is 0.388 e. The molecule has 11 heteroatoms. The molecule has 2 aromatic rings. The highest BCUT2D eigenvalue weighted by Gasteiger charge is 2.73. The molecule has 1 aromatic carbocycles. The van der Waals surface area contributed by atoms with Gasteiger partial charge in [-0.15, -0.1) is 5.10 Å². The number of fused-ring (bicyclic) bond motifs is 1. The summed E-state index contributed by atoms with van der Waals surface area (Å²) >= 11 is 0. The number of benzene rings is 1. The number of ether oxygens (including phenoxy) is 4. The number of aliphatic hydroxyl groups excluding tert-OH is 1. The van der Waals surface area contributed by atoms with Crippen molar-refractivity contribution in [3.63, 3.8) is 0 Å². The van der Waals surface area contributed by atoms with Gasteiger partial charge < -0.3 is 24.1 Å². The molecule has 188 valence electrons. The van der Waals surface area contributed by atoms with Crippen molar-refractivity contribution in [2.24, 2.45) is 23.7 Å². The lowest BCUT2D eigenvalue weighted by atomic mass is 9.57. The Bertz CT molecular complexity index is 1130. The van der Waals surface area contributed by atoms with E-state index < -0.39 is 35.0 Å². The molecule has 4 heterocycles. The Labute approximate surface area is 202 Å². The summed E-state index contributed by atoms with van der Waals surface area (Å²) in [5, 5.41) is 29.9. The van der Waals surface area contributed by atoms with E-state index in [1.807, 2.05) is 0 Å². The van der Waals surface area contributed by atoms with E-state index in [0.717, 1.165) is 12.8 Å². The molecule has 1 aliphatic carbocycles. The number of nitro benzene ring substituents is 1. The zero-order chi connectivity index (χ0) is 24.5. The zero-order valence-electron chi connectivity index (χ0n) is 19.9. The van der Waals surface area contributed by atoms with Gasteiger partial charge in [-0.25, -0.2) is 4.68 Å². The van der Waals surface area contributed by atoms with E-state index in [-0.39, 0.29) is 30.0 Å². The summed E-state index contributed by atoms with van der Waals surface area (Å²) in [4.78, 5) is 10.4. The average Bonchev–Trinajstić information content (AvgIpc) is 3.40.